The van der Waals surface area contributed by atoms with Crippen LogP contribution in [-0.2, 0) is 6.42 Å². The molecule has 2 rings (SSSR count). The van der Waals surface area contributed by atoms with Crippen molar-refractivity contribution in [1.82, 2.24) is 5.32 Å². The summed E-state index contributed by atoms with van der Waals surface area (Å²) in [6, 6.07) is 5.79. The summed E-state index contributed by atoms with van der Waals surface area (Å²) in [5, 5.41) is 16.4. The van der Waals surface area contributed by atoms with Crippen molar-refractivity contribution in [3.05, 3.63) is 29.3 Å². The van der Waals surface area contributed by atoms with Gasteiger partial charge >= 0.3 is 6.03 Å². The van der Waals surface area contributed by atoms with Gasteiger partial charge in [0.05, 0.1) is 5.60 Å². The first-order valence-electron chi connectivity index (χ1n) is 8.40. The SMILES string of the molecule is CCc1cccc(C)c1NC(=O)NCC1(O)CCCCCC1. The summed E-state index contributed by atoms with van der Waals surface area (Å²) in [6.45, 7) is 4.39. The molecule has 0 spiro atoms. The number of aryl methyl sites for hydroxylation is 2. The Morgan fingerprint density at radius 3 is 2.55 bits per heavy atom. The lowest BCUT2D eigenvalue weighted by molar-refractivity contribution is 0.0281. The molecule has 122 valence electrons. The van der Waals surface area contributed by atoms with Gasteiger partial charge in [0, 0.05) is 12.2 Å². The third-order valence-electron chi connectivity index (χ3n) is 4.59. The molecule has 4 heteroatoms. The molecule has 1 aliphatic rings. The van der Waals surface area contributed by atoms with Gasteiger partial charge in [0.15, 0.2) is 0 Å². The average molecular weight is 304 g/mol. The van der Waals surface area contributed by atoms with Crippen LogP contribution in [0, 0.1) is 6.92 Å². The van der Waals surface area contributed by atoms with E-state index >= 15 is 0 Å². The van der Waals surface area contributed by atoms with Crippen LogP contribution in [0.1, 0.15) is 56.6 Å². The van der Waals surface area contributed by atoms with Gasteiger partial charge in [-0.1, -0.05) is 50.8 Å². The number of amides is 2. The van der Waals surface area contributed by atoms with Gasteiger partial charge in [-0.05, 0) is 37.3 Å². The molecule has 1 fully saturated rings. The molecule has 0 heterocycles. The van der Waals surface area contributed by atoms with Gasteiger partial charge in [0.2, 0.25) is 0 Å². The number of para-hydroxylation sites is 1. The van der Waals surface area contributed by atoms with E-state index in [0.29, 0.717) is 6.54 Å². The van der Waals surface area contributed by atoms with Crippen LogP contribution < -0.4 is 10.6 Å². The molecule has 2 amide bonds. The second-order valence-electron chi connectivity index (χ2n) is 6.41. The molecular formula is C18H28N2O2. The highest BCUT2D eigenvalue weighted by atomic mass is 16.3. The number of nitrogens with one attached hydrogen (secondary N) is 2. The Labute approximate surface area is 133 Å². The Hall–Kier alpha value is -1.55. The fourth-order valence-corrected chi connectivity index (χ4v) is 3.17. The lowest BCUT2D eigenvalue weighted by atomic mass is 9.94. The van der Waals surface area contributed by atoms with E-state index in [1.54, 1.807) is 0 Å². The van der Waals surface area contributed by atoms with Crippen molar-refractivity contribution in [2.45, 2.75) is 64.4 Å². The molecule has 0 aliphatic heterocycles. The second kappa shape index (κ2) is 7.63. The number of hydrogen-bond acceptors (Lipinski definition) is 2. The molecule has 1 aliphatic carbocycles. The molecule has 1 saturated carbocycles. The normalized spacial score (nSPS) is 17.6. The Kier molecular flexibility index (Phi) is 5.83. The first kappa shape index (κ1) is 16.8. The number of anilines is 1. The standard InChI is InChI=1S/C18H28N2O2/c1-3-15-10-8-9-14(2)16(15)20-17(21)19-13-18(22)11-6-4-5-7-12-18/h8-10,22H,3-7,11-13H2,1-2H3,(H2,19,20,21). The van der Waals surface area contributed by atoms with E-state index in [-0.39, 0.29) is 6.03 Å². The van der Waals surface area contributed by atoms with Crippen LogP contribution in [0.5, 0.6) is 0 Å². The number of urea groups is 1. The fraction of sp³-hybridized carbons (Fsp3) is 0.611. The average Bonchev–Trinajstić information content (AvgIpc) is 2.72. The molecule has 1 aromatic rings. The van der Waals surface area contributed by atoms with Gasteiger partial charge in [-0.15, -0.1) is 0 Å². The maximum Gasteiger partial charge on any atom is 0.319 e. The van der Waals surface area contributed by atoms with Crippen molar-refractivity contribution in [3.8, 4) is 0 Å². The van der Waals surface area contributed by atoms with Gasteiger partial charge in [-0.2, -0.15) is 0 Å². The van der Waals surface area contributed by atoms with E-state index in [9.17, 15) is 9.90 Å². The predicted octanol–water partition coefficient (Wildman–Crippen LogP) is 3.76. The van der Waals surface area contributed by atoms with Crippen LogP contribution in [0.15, 0.2) is 18.2 Å². The molecule has 0 unspecified atom stereocenters. The summed E-state index contributed by atoms with van der Waals surface area (Å²) in [5.41, 5.74) is 2.33. The Morgan fingerprint density at radius 2 is 1.91 bits per heavy atom. The molecule has 0 bridgehead atoms. The van der Waals surface area contributed by atoms with Crippen molar-refractivity contribution in [1.29, 1.82) is 0 Å². The summed E-state index contributed by atoms with van der Waals surface area (Å²) in [6.07, 6.45) is 6.86. The van der Waals surface area contributed by atoms with E-state index in [1.807, 2.05) is 25.1 Å². The predicted molar refractivity (Wildman–Crippen MR) is 90.2 cm³/mol. The van der Waals surface area contributed by atoms with Gasteiger partial charge in [0.1, 0.15) is 0 Å². The number of rotatable bonds is 4. The lowest BCUT2D eigenvalue weighted by Crippen LogP contribution is -2.44. The monoisotopic (exact) mass is 304 g/mol. The summed E-state index contributed by atoms with van der Waals surface area (Å²) in [5.74, 6) is 0. The zero-order valence-corrected chi connectivity index (χ0v) is 13.7. The molecule has 4 nitrogen and oxygen atoms in total. The number of carbonyl (C=O) groups is 1. The maximum absolute atomic E-state index is 12.2. The molecule has 0 saturated heterocycles. The zero-order valence-electron chi connectivity index (χ0n) is 13.7. The smallest absolute Gasteiger partial charge is 0.319 e. The summed E-state index contributed by atoms with van der Waals surface area (Å²) in [4.78, 5) is 12.2. The number of benzene rings is 1. The van der Waals surface area contributed by atoms with Crippen LogP contribution in [0.4, 0.5) is 10.5 Å². The minimum Gasteiger partial charge on any atom is -0.388 e. The Bertz CT molecular complexity index is 506. The zero-order chi connectivity index (χ0) is 16.0. The van der Waals surface area contributed by atoms with Crippen molar-refractivity contribution in [3.63, 3.8) is 0 Å². The molecule has 1 aromatic carbocycles. The second-order valence-corrected chi connectivity index (χ2v) is 6.41. The molecule has 3 N–H and O–H groups in total. The van der Waals surface area contributed by atoms with Crippen molar-refractivity contribution in [2.24, 2.45) is 0 Å². The molecule has 0 radical (unpaired) electrons. The first-order valence-corrected chi connectivity index (χ1v) is 8.40. The molecule has 0 aromatic heterocycles. The van der Waals surface area contributed by atoms with E-state index in [0.717, 1.165) is 48.9 Å². The van der Waals surface area contributed by atoms with E-state index in [2.05, 4.69) is 17.6 Å². The van der Waals surface area contributed by atoms with E-state index < -0.39 is 5.60 Å². The van der Waals surface area contributed by atoms with E-state index in [4.69, 9.17) is 0 Å². The van der Waals surface area contributed by atoms with Gasteiger partial charge in [0.25, 0.3) is 0 Å². The summed E-state index contributed by atoms with van der Waals surface area (Å²) >= 11 is 0. The van der Waals surface area contributed by atoms with Crippen LogP contribution >= 0.6 is 0 Å². The van der Waals surface area contributed by atoms with Crippen LogP contribution in [0.3, 0.4) is 0 Å². The molecular weight excluding hydrogens is 276 g/mol. The third kappa shape index (κ3) is 4.47. The number of aliphatic hydroxyl groups is 1. The van der Waals surface area contributed by atoms with Crippen LogP contribution in [0.25, 0.3) is 0 Å². The number of hydrogen-bond donors (Lipinski definition) is 3. The lowest BCUT2D eigenvalue weighted by Gasteiger charge is -2.27. The minimum atomic E-state index is -0.743. The molecule has 0 atom stereocenters. The van der Waals surface area contributed by atoms with Gasteiger partial charge in [-0.3, -0.25) is 0 Å². The van der Waals surface area contributed by atoms with Crippen LogP contribution in [0.2, 0.25) is 0 Å². The first-order chi connectivity index (χ1) is 10.5. The van der Waals surface area contributed by atoms with Crippen LogP contribution in [-0.4, -0.2) is 23.3 Å². The highest BCUT2D eigenvalue weighted by Gasteiger charge is 2.28. The van der Waals surface area contributed by atoms with Gasteiger partial charge < -0.3 is 15.7 Å². The van der Waals surface area contributed by atoms with Gasteiger partial charge in [-0.25, -0.2) is 4.79 Å². The fourth-order valence-electron chi connectivity index (χ4n) is 3.17. The maximum atomic E-state index is 12.2. The number of carbonyl (C=O) groups excluding carboxylic acids is 1. The largest absolute Gasteiger partial charge is 0.388 e. The molecule has 22 heavy (non-hydrogen) atoms. The van der Waals surface area contributed by atoms with Crippen molar-refractivity contribution >= 4 is 11.7 Å². The topological polar surface area (TPSA) is 61.4 Å². The van der Waals surface area contributed by atoms with Crippen molar-refractivity contribution < 1.29 is 9.90 Å². The summed E-state index contributed by atoms with van der Waals surface area (Å²) in [7, 11) is 0. The third-order valence-corrected chi connectivity index (χ3v) is 4.59. The highest BCUT2D eigenvalue weighted by Crippen LogP contribution is 2.26. The quantitative estimate of drug-likeness (QED) is 0.742. The van der Waals surface area contributed by atoms with E-state index in [1.165, 1.54) is 12.8 Å². The summed E-state index contributed by atoms with van der Waals surface area (Å²) < 4.78 is 0. The van der Waals surface area contributed by atoms with Crippen molar-refractivity contribution in [2.75, 3.05) is 11.9 Å². The Morgan fingerprint density at radius 1 is 1.23 bits per heavy atom. The highest BCUT2D eigenvalue weighted by molar-refractivity contribution is 5.91. The minimum absolute atomic E-state index is 0.235. The Balaban J connectivity index is 1.93.